The van der Waals surface area contributed by atoms with Gasteiger partial charge in [-0.2, -0.15) is 0 Å². The average Bonchev–Trinajstić information content (AvgIpc) is 2.25. The molecule has 2 heteroatoms. The van der Waals surface area contributed by atoms with E-state index in [1.807, 2.05) is 0 Å². The number of hydrogen-bond acceptors (Lipinski definition) is 2. The Hall–Kier alpha value is -0.0800. The van der Waals surface area contributed by atoms with E-state index in [0.717, 1.165) is 12.6 Å². The van der Waals surface area contributed by atoms with Crippen LogP contribution in [0.4, 0.5) is 0 Å². The Kier molecular flexibility index (Phi) is 3.13. The first kappa shape index (κ1) is 10.4. The SMILES string of the molecule is CCOC1CC(NC)C12CCCCC2. The highest BCUT2D eigenvalue weighted by atomic mass is 16.5. The van der Waals surface area contributed by atoms with E-state index in [-0.39, 0.29) is 0 Å². The molecule has 2 unspecified atom stereocenters. The van der Waals surface area contributed by atoms with Gasteiger partial charge in [-0.1, -0.05) is 19.3 Å². The molecule has 2 atom stereocenters. The number of rotatable bonds is 3. The Morgan fingerprint density at radius 3 is 2.57 bits per heavy atom. The van der Waals surface area contributed by atoms with Crippen molar-refractivity contribution in [1.82, 2.24) is 5.32 Å². The van der Waals surface area contributed by atoms with Gasteiger partial charge in [-0.05, 0) is 33.2 Å². The fourth-order valence-electron chi connectivity index (χ4n) is 3.47. The molecular formula is C12H23NO. The number of ether oxygens (including phenoxy) is 1. The fraction of sp³-hybridized carbons (Fsp3) is 1.00. The second-order valence-corrected chi connectivity index (χ2v) is 4.81. The van der Waals surface area contributed by atoms with E-state index in [1.54, 1.807) is 0 Å². The lowest BCUT2D eigenvalue weighted by Gasteiger charge is -2.57. The normalized spacial score (nSPS) is 35.6. The van der Waals surface area contributed by atoms with Gasteiger partial charge in [0.15, 0.2) is 0 Å². The number of hydrogen-bond donors (Lipinski definition) is 1. The largest absolute Gasteiger partial charge is 0.378 e. The molecule has 2 saturated carbocycles. The maximum Gasteiger partial charge on any atom is 0.0661 e. The highest BCUT2D eigenvalue weighted by Gasteiger charge is 2.54. The molecule has 0 aromatic heterocycles. The highest BCUT2D eigenvalue weighted by Crippen LogP contribution is 2.53. The maximum absolute atomic E-state index is 5.86. The summed E-state index contributed by atoms with van der Waals surface area (Å²) in [6.45, 7) is 2.99. The molecule has 2 fully saturated rings. The van der Waals surface area contributed by atoms with E-state index in [1.165, 1.54) is 38.5 Å². The van der Waals surface area contributed by atoms with Crippen molar-refractivity contribution < 1.29 is 4.74 Å². The van der Waals surface area contributed by atoms with Crippen molar-refractivity contribution >= 4 is 0 Å². The molecule has 0 aromatic rings. The highest BCUT2D eigenvalue weighted by molar-refractivity contribution is 5.08. The molecule has 0 saturated heterocycles. The van der Waals surface area contributed by atoms with Crippen LogP contribution in [-0.4, -0.2) is 25.8 Å². The van der Waals surface area contributed by atoms with Crippen molar-refractivity contribution in [2.75, 3.05) is 13.7 Å². The number of nitrogens with one attached hydrogen (secondary N) is 1. The molecule has 2 aliphatic carbocycles. The zero-order chi connectivity index (χ0) is 10.0. The van der Waals surface area contributed by atoms with Gasteiger partial charge in [0.2, 0.25) is 0 Å². The van der Waals surface area contributed by atoms with Crippen LogP contribution in [-0.2, 0) is 4.74 Å². The van der Waals surface area contributed by atoms with E-state index in [2.05, 4.69) is 19.3 Å². The summed E-state index contributed by atoms with van der Waals surface area (Å²) in [5.41, 5.74) is 0.503. The van der Waals surface area contributed by atoms with Gasteiger partial charge in [-0.25, -0.2) is 0 Å². The van der Waals surface area contributed by atoms with Crippen molar-refractivity contribution in [1.29, 1.82) is 0 Å². The minimum atomic E-state index is 0.503. The van der Waals surface area contributed by atoms with E-state index < -0.39 is 0 Å². The Morgan fingerprint density at radius 2 is 2.00 bits per heavy atom. The third-order valence-electron chi connectivity index (χ3n) is 4.29. The Morgan fingerprint density at radius 1 is 1.29 bits per heavy atom. The first-order valence-electron chi connectivity index (χ1n) is 6.12. The van der Waals surface area contributed by atoms with E-state index in [4.69, 9.17) is 4.74 Å². The van der Waals surface area contributed by atoms with Crippen LogP contribution in [0.15, 0.2) is 0 Å². The molecule has 1 N–H and O–H groups in total. The summed E-state index contributed by atoms with van der Waals surface area (Å²) in [6.07, 6.45) is 8.77. The molecule has 0 aliphatic heterocycles. The fourth-order valence-corrected chi connectivity index (χ4v) is 3.47. The molecule has 0 heterocycles. The first-order valence-corrected chi connectivity index (χ1v) is 6.12. The van der Waals surface area contributed by atoms with Gasteiger partial charge in [-0.15, -0.1) is 0 Å². The van der Waals surface area contributed by atoms with E-state index >= 15 is 0 Å². The van der Waals surface area contributed by atoms with Crippen LogP contribution in [0.1, 0.15) is 45.4 Å². The van der Waals surface area contributed by atoms with Crippen LogP contribution in [0.25, 0.3) is 0 Å². The van der Waals surface area contributed by atoms with Crippen molar-refractivity contribution in [2.45, 2.75) is 57.6 Å². The summed E-state index contributed by atoms with van der Waals surface area (Å²) < 4.78 is 5.86. The van der Waals surface area contributed by atoms with E-state index in [9.17, 15) is 0 Å². The van der Waals surface area contributed by atoms with Gasteiger partial charge in [0.05, 0.1) is 6.10 Å². The van der Waals surface area contributed by atoms with E-state index in [0.29, 0.717) is 11.5 Å². The minimum absolute atomic E-state index is 0.503. The minimum Gasteiger partial charge on any atom is -0.378 e. The molecule has 14 heavy (non-hydrogen) atoms. The van der Waals surface area contributed by atoms with Crippen LogP contribution in [0, 0.1) is 5.41 Å². The second-order valence-electron chi connectivity index (χ2n) is 4.81. The van der Waals surface area contributed by atoms with Crippen LogP contribution < -0.4 is 5.32 Å². The zero-order valence-corrected chi connectivity index (χ0v) is 9.51. The Balaban J connectivity index is 2.01. The summed E-state index contributed by atoms with van der Waals surface area (Å²) >= 11 is 0. The molecule has 2 aliphatic rings. The quantitative estimate of drug-likeness (QED) is 0.750. The van der Waals surface area contributed by atoms with Gasteiger partial charge < -0.3 is 10.1 Å². The Bertz CT molecular complexity index is 187. The third-order valence-corrected chi connectivity index (χ3v) is 4.29. The van der Waals surface area contributed by atoms with Gasteiger partial charge in [-0.3, -0.25) is 0 Å². The van der Waals surface area contributed by atoms with Crippen LogP contribution in [0.2, 0.25) is 0 Å². The standard InChI is InChI=1S/C12H23NO/c1-3-14-11-9-10(13-2)12(11)7-5-4-6-8-12/h10-11,13H,3-9H2,1-2H3. The molecule has 2 nitrogen and oxygen atoms in total. The summed E-state index contributed by atoms with van der Waals surface area (Å²) in [5.74, 6) is 0. The predicted octanol–water partition coefficient (Wildman–Crippen LogP) is 2.33. The van der Waals surface area contributed by atoms with Gasteiger partial charge in [0.1, 0.15) is 0 Å². The third kappa shape index (κ3) is 1.49. The van der Waals surface area contributed by atoms with Crippen LogP contribution >= 0.6 is 0 Å². The van der Waals surface area contributed by atoms with Gasteiger partial charge in [0, 0.05) is 18.1 Å². The zero-order valence-electron chi connectivity index (χ0n) is 9.51. The summed E-state index contributed by atoms with van der Waals surface area (Å²) in [4.78, 5) is 0. The van der Waals surface area contributed by atoms with Gasteiger partial charge in [0.25, 0.3) is 0 Å². The molecule has 82 valence electrons. The molecular weight excluding hydrogens is 174 g/mol. The summed E-state index contributed by atoms with van der Waals surface area (Å²) in [5, 5.41) is 3.47. The first-order chi connectivity index (χ1) is 6.83. The maximum atomic E-state index is 5.86. The molecule has 0 bridgehead atoms. The molecule has 0 radical (unpaired) electrons. The summed E-state index contributed by atoms with van der Waals surface area (Å²) in [7, 11) is 2.10. The molecule has 1 spiro atoms. The second kappa shape index (κ2) is 4.19. The topological polar surface area (TPSA) is 21.3 Å². The molecule has 2 rings (SSSR count). The van der Waals surface area contributed by atoms with Crippen molar-refractivity contribution in [3.63, 3.8) is 0 Å². The Labute approximate surface area is 87.4 Å². The smallest absolute Gasteiger partial charge is 0.0661 e. The predicted molar refractivity (Wildman–Crippen MR) is 58.4 cm³/mol. The van der Waals surface area contributed by atoms with Crippen molar-refractivity contribution in [3.8, 4) is 0 Å². The molecule has 0 aromatic carbocycles. The average molecular weight is 197 g/mol. The lowest BCUT2D eigenvalue weighted by atomic mass is 9.55. The summed E-state index contributed by atoms with van der Waals surface area (Å²) in [6, 6.07) is 0.722. The lowest BCUT2D eigenvalue weighted by molar-refractivity contribution is -0.148. The monoisotopic (exact) mass is 197 g/mol. The van der Waals surface area contributed by atoms with Gasteiger partial charge >= 0.3 is 0 Å². The van der Waals surface area contributed by atoms with Crippen molar-refractivity contribution in [3.05, 3.63) is 0 Å². The van der Waals surface area contributed by atoms with Crippen LogP contribution in [0.5, 0.6) is 0 Å². The molecule has 0 amide bonds. The van der Waals surface area contributed by atoms with Crippen molar-refractivity contribution in [2.24, 2.45) is 5.41 Å². The van der Waals surface area contributed by atoms with Crippen LogP contribution in [0.3, 0.4) is 0 Å². The lowest BCUT2D eigenvalue weighted by Crippen LogP contribution is -2.63.